The van der Waals surface area contributed by atoms with Crippen LogP contribution in [-0.4, -0.2) is 32.1 Å². The van der Waals surface area contributed by atoms with E-state index < -0.39 is 0 Å². The third kappa shape index (κ3) is 2.80. The second kappa shape index (κ2) is 5.81. The Hall–Kier alpha value is -2.74. The topological polar surface area (TPSA) is 82.3 Å². The second-order valence-corrected chi connectivity index (χ2v) is 5.81. The van der Waals surface area contributed by atoms with Crippen molar-refractivity contribution in [1.82, 2.24) is 20.2 Å². The number of fused-ring (bicyclic) bond motifs is 1. The first-order valence-electron chi connectivity index (χ1n) is 6.89. The predicted octanol–water partition coefficient (Wildman–Crippen LogP) is 2.39. The zero-order valence-electron chi connectivity index (χ0n) is 11.9. The maximum atomic E-state index is 9.36. The Labute approximate surface area is 135 Å². The van der Waals surface area contributed by atoms with Gasteiger partial charge in [0.15, 0.2) is 11.5 Å². The van der Waals surface area contributed by atoms with Crippen molar-refractivity contribution in [2.45, 2.75) is 10.9 Å². The molecule has 0 fully saturated rings. The quantitative estimate of drug-likeness (QED) is 0.736. The molecular formula is C15H12N4O3S. The normalized spacial score (nSPS) is 12.5. The Balaban J connectivity index is 1.52. The van der Waals surface area contributed by atoms with Crippen LogP contribution in [0, 0.1) is 0 Å². The van der Waals surface area contributed by atoms with Crippen molar-refractivity contribution in [2.75, 3.05) is 6.79 Å². The van der Waals surface area contributed by atoms with Gasteiger partial charge >= 0.3 is 0 Å². The van der Waals surface area contributed by atoms with E-state index in [1.165, 1.54) is 11.8 Å². The summed E-state index contributed by atoms with van der Waals surface area (Å²) in [5.74, 6) is 2.44. The van der Waals surface area contributed by atoms with Crippen molar-refractivity contribution in [3.63, 3.8) is 0 Å². The zero-order valence-corrected chi connectivity index (χ0v) is 12.7. The third-order valence-electron chi connectivity index (χ3n) is 3.34. The second-order valence-electron chi connectivity index (χ2n) is 4.87. The number of tetrazole rings is 1. The van der Waals surface area contributed by atoms with Crippen LogP contribution in [0.5, 0.6) is 17.2 Å². The summed E-state index contributed by atoms with van der Waals surface area (Å²) in [5.41, 5.74) is 1.89. The van der Waals surface area contributed by atoms with E-state index in [4.69, 9.17) is 9.47 Å². The molecule has 0 atom stereocenters. The fourth-order valence-corrected chi connectivity index (χ4v) is 3.04. The SMILES string of the molecule is Oc1ccc(-n2nnnc2SCc2ccc3c(c2)OCO3)cc1. The summed E-state index contributed by atoms with van der Waals surface area (Å²) in [7, 11) is 0. The molecule has 1 aliphatic rings. The molecule has 1 N–H and O–H groups in total. The van der Waals surface area contributed by atoms with Crippen LogP contribution in [0.1, 0.15) is 5.56 Å². The average molecular weight is 328 g/mol. The van der Waals surface area contributed by atoms with E-state index in [1.54, 1.807) is 28.9 Å². The van der Waals surface area contributed by atoms with Crippen LogP contribution in [0.3, 0.4) is 0 Å². The molecule has 0 saturated carbocycles. The van der Waals surface area contributed by atoms with Crippen molar-refractivity contribution in [3.8, 4) is 22.9 Å². The molecule has 2 heterocycles. The Morgan fingerprint density at radius 1 is 1.09 bits per heavy atom. The summed E-state index contributed by atoms with van der Waals surface area (Å²) in [6, 6.07) is 12.6. The molecule has 7 nitrogen and oxygen atoms in total. The number of aromatic nitrogens is 4. The van der Waals surface area contributed by atoms with Crippen LogP contribution in [-0.2, 0) is 5.75 Å². The number of phenols is 1. The highest BCUT2D eigenvalue weighted by Crippen LogP contribution is 2.34. The van der Waals surface area contributed by atoms with Gasteiger partial charge in [-0.25, -0.2) is 0 Å². The fraction of sp³-hybridized carbons (Fsp3) is 0.133. The molecule has 116 valence electrons. The summed E-state index contributed by atoms with van der Waals surface area (Å²) < 4.78 is 12.3. The van der Waals surface area contributed by atoms with E-state index in [0.29, 0.717) is 10.9 Å². The highest BCUT2D eigenvalue weighted by atomic mass is 32.2. The lowest BCUT2D eigenvalue weighted by atomic mass is 10.2. The van der Waals surface area contributed by atoms with Gasteiger partial charge in [-0.3, -0.25) is 0 Å². The maximum Gasteiger partial charge on any atom is 0.231 e. The Kier molecular flexibility index (Phi) is 3.51. The number of thioether (sulfide) groups is 1. The molecule has 0 saturated heterocycles. The minimum atomic E-state index is 0.205. The summed E-state index contributed by atoms with van der Waals surface area (Å²) in [6.45, 7) is 0.269. The zero-order chi connectivity index (χ0) is 15.6. The minimum absolute atomic E-state index is 0.205. The van der Waals surface area contributed by atoms with Gasteiger partial charge in [-0.1, -0.05) is 17.8 Å². The minimum Gasteiger partial charge on any atom is -0.508 e. The van der Waals surface area contributed by atoms with Crippen molar-refractivity contribution in [3.05, 3.63) is 48.0 Å². The highest BCUT2D eigenvalue weighted by Gasteiger charge is 2.14. The lowest BCUT2D eigenvalue weighted by Crippen LogP contribution is -1.98. The molecule has 0 unspecified atom stereocenters. The Morgan fingerprint density at radius 2 is 1.91 bits per heavy atom. The third-order valence-corrected chi connectivity index (χ3v) is 4.33. The first kappa shape index (κ1) is 13.9. The number of nitrogens with zero attached hydrogens (tertiary/aromatic N) is 4. The highest BCUT2D eigenvalue weighted by molar-refractivity contribution is 7.98. The summed E-state index contributed by atoms with van der Waals surface area (Å²) in [4.78, 5) is 0. The molecule has 0 spiro atoms. The van der Waals surface area contributed by atoms with E-state index >= 15 is 0 Å². The summed E-state index contributed by atoms with van der Waals surface area (Å²) in [6.07, 6.45) is 0. The van der Waals surface area contributed by atoms with Gasteiger partial charge in [0.2, 0.25) is 11.9 Å². The molecule has 0 aliphatic carbocycles. The average Bonchev–Trinajstić information content (AvgIpc) is 3.22. The summed E-state index contributed by atoms with van der Waals surface area (Å²) in [5, 5.41) is 21.8. The Bertz CT molecular complexity index is 835. The van der Waals surface area contributed by atoms with Crippen LogP contribution in [0.25, 0.3) is 5.69 Å². The van der Waals surface area contributed by atoms with E-state index in [9.17, 15) is 5.11 Å². The number of phenolic OH excluding ortho intramolecular Hbond substituents is 1. The van der Waals surface area contributed by atoms with Gasteiger partial charge in [-0.05, 0) is 52.4 Å². The van der Waals surface area contributed by atoms with Crippen molar-refractivity contribution >= 4 is 11.8 Å². The smallest absolute Gasteiger partial charge is 0.231 e. The number of rotatable bonds is 4. The maximum absolute atomic E-state index is 9.36. The Morgan fingerprint density at radius 3 is 2.78 bits per heavy atom. The van der Waals surface area contributed by atoms with Crippen LogP contribution in [0.15, 0.2) is 47.6 Å². The molecule has 1 aromatic heterocycles. The van der Waals surface area contributed by atoms with Gasteiger partial charge in [0.25, 0.3) is 0 Å². The monoisotopic (exact) mass is 328 g/mol. The predicted molar refractivity (Wildman–Crippen MR) is 82.9 cm³/mol. The van der Waals surface area contributed by atoms with Crippen LogP contribution in [0.2, 0.25) is 0 Å². The number of aromatic hydroxyl groups is 1. The molecule has 3 aromatic rings. The molecule has 0 radical (unpaired) electrons. The lowest BCUT2D eigenvalue weighted by molar-refractivity contribution is 0.174. The standard InChI is InChI=1S/C15H12N4O3S/c20-12-4-2-11(3-5-12)19-15(16-17-18-19)23-8-10-1-6-13-14(7-10)22-9-21-13/h1-7,20H,8-9H2. The number of hydrogen-bond acceptors (Lipinski definition) is 7. The van der Waals surface area contributed by atoms with E-state index in [1.807, 2.05) is 18.2 Å². The van der Waals surface area contributed by atoms with Gasteiger partial charge in [0, 0.05) is 5.75 Å². The number of hydrogen-bond donors (Lipinski definition) is 1. The molecule has 23 heavy (non-hydrogen) atoms. The van der Waals surface area contributed by atoms with Gasteiger partial charge < -0.3 is 14.6 Å². The van der Waals surface area contributed by atoms with Gasteiger partial charge in [0.05, 0.1) is 5.69 Å². The molecular weight excluding hydrogens is 316 g/mol. The fourth-order valence-electron chi connectivity index (χ4n) is 2.20. The molecule has 1 aliphatic heterocycles. The first-order chi connectivity index (χ1) is 11.3. The van der Waals surface area contributed by atoms with Crippen molar-refractivity contribution in [2.24, 2.45) is 0 Å². The van der Waals surface area contributed by atoms with Gasteiger partial charge in [-0.15, -0.1) is 5.10 Å². The summed E-state index contributed by atoms with van der Waals surface area (Å²) >= 11 is 1.52. The van der Waals surface area contributed by atoms with Crippen LogP contribution in [0.4, 0.5) is 0 Å². The van der Waals surface area contributed by atoms with E-state index in [0.717, 1.165) is 22.7 Å². The number of ether oxygens (including phenoxy) is 2. The van der Waals surface area contributed by atoms with Crippen molar-refractivity contribution in [1.29, 1.82) is 0 Å². The molecule has 2 aromatic carbocycles. The van der Waals surface area contributed by atoms with E-state index in [2.05, 4.69) is 15.5 Å². The molecule has 0 amide bonds. The number of benzene rings is 2. The van der Waals surface area contributed by atoms with Gasteiger partial charge in [0.1, 0.15) is 5.75 Å². The lowest BCUT2D eigenvalue weighted by Gasteiger charge is -2.05. The first-order valence-corrected chi connectivity index (χ1v) is 7.87. The van der Waals surface area contributed by atoms with Crippen LogP contribution < -0.4 is 9.47 Å². The molecule has 4 rings (SSSR count). The van der Waals surface area contributed by atoms with Crippen LogP contribution >= 0.6 is 11.8 Å². The largest absolute Gasteiger partial charge is 0.508 e. The molecule has 0 bridgehead atoms. The van der Waals surface area contributed by atoms with Crippen molar-refractivity contribution < 1.29 is 14.6 Å². The molecule has 8 heteroatoms. The van der Waals surface area contributed by atoms with Gasteiger partial charge in [-0.2, -0.15) is 4.68 Å². The van der Waals surface area contributed by atoms with E-state index in [-0.39, 0.29) is 12.5 Å².